The summed E-state index contributed by atoms with van der Waals surface area (Å²) >= 11 is 0. The van der Waals surface area contributed by atoms with Crippen LogP contribution in [0.15, 0.2) is 33.7 Å². The van der Waals surface area contributed by atoms with Crippen LogP contribution >= 0.6 is 0 Å². The van der Waals surface area contributed by atoms with Gasteiger partial charge < -0.3 is 45.3 Å². The average molecular weight is 586 g/mol. The fraction of sp³-hybridized carbons (Fsp3) is 0.609. The zero-order valence-corrected chi connectivity index (χ0v) is 21.7. The third kappa shape index (κ3) is 6.32. The van der Waals surface area contributed by atoms with Gasteiger partial charge in [0.1, 0.15) is 36.6 Å². The minimum atomic E-state index is -1.90. The second-order valence-corrected chi connectivity index (χ2v) is 9.64. The molecule has 3 aliphatic rings. The monoisotopic (exact) mass is 585 g/mol. The van der Waals surface area contributed by atoms with E-state index in [1.54, 1.807) is 0 Å². The van der Waals surface area contributed by atoms with E-state index >= 15 is 0 Å². The van der Waals surface area contributed by atoms with Crippen molar-refractivity contribution in [3.8, 4) is 0 Å². The number of methoxy groups -OCH3 is 1. The predicted molar refractivity (Wildman–Crippen MR) is 130 cm³/mol. The van der Waals surface area contributed by atoms with E-state index in [0.717, 1.165) is 22.9 Å². The molecule has 18 nitrogen and oxygen atoms in total. The minimum Gasteiger partial charge on any atom is -0.456 e. The number of ether oxygens (including phenoxy) is 4. The summed E-state index contributed by atoms with van der Waals surface area (Å²) in [6, 6.07) is -0.0746. The van der Waals surface area contributed by atoms with Crippen LogP contribution in [0.5, 0.6) is 0 Å². The molecule has 6 unspecified atom stereocenters. The van der Waals surface area contributed by atoms with Gasteiger partial charge in [0, 0.05) is 25.9 Å². The van der Waals surface area contributed by atoms with Crippen molar-refractivity contribution in [2.24, 2.45) is 5.73 Å². The lowest BCUT2D eigenvalue weighted by Crippen LogP contribution is -2.54. The molecule has 0 aliphatic carbocycles. The van der Waals surface area contributed by atoms with Gasteiger partial charge in [-0.1, -0.05) is 0 Å². The number of hydrogen-bond acceptors (Lipinski definition) is 13. The van der Waals surface area contributed by atoms with Gasteiger partial charge in [0.25, 0.3) is 17.4 Å². The first kappa shape index (κ1) is 30.3. The highest BCUT2D eigenvalue weighted by Gasteiger charge is 2.52. The summed E-state index contributed by atoms with van der Waals surface area (Å²) in [5.41, 5.74) is 3.89. The largest absolute Gasteiger partial charge is 0.456 e. The van der Waals surface area contributed by atoms with Gasteiger partial charge in [-0.05, 0) is 25.3 Å². The molecule has 4 rings (SSSR count). The van der Waals surface area contributed by atoms with E-state index < -0.39 is 89.9 Å². The Kier molecular flexibility index (Phi) is 9.22. The van der Waals surface area contributed by atoms with Gasteiger partial charge in [0.15, 0.2) is 18.1 Å². The number of nitrogens with two attached hydrogens (primary N) is 1. The second-order valence-electron chi connectivity index (χ2n) is 9.64. The lowest BCUT2D eigenvalue weighted by Gasteiger charge is -2.35. The van der Waals surface area contributed by atoms with Crippen LogP contribution in [0, 0.1) is 0 Å². The number of carbonyl (C=O) groups is 3. The molecule has 1 aromatic rings. The minimum absolute atomic E-state index is 0.0937. The third-order valence-corrected chi connectivity index (χ3v) is 6.90. The van der Waals surface area contributed by atoms with Crippen molar-refractivity contribution in [3.05, 3.63) is 44.9 Å². The Morgan fingerprint density at radius 1 is 1.20 bits per heavy atom. The van der Waals surface area contributed by atoms with E-state index in [1.807, 2.05) is 4.98 Å². The van der Waals surface area contributed by atoms with E-state index in [-0.39, 0.29) is 13.0 Å². The Hall–Kier alpha value is -3.65. The molecule has 0 saturated carbocycles. The molecular formula is C23H31N5O13. The smallest absolute Gasteiger partial charge is 0.330 e. The Labute approximate surface area is 230 Å². The van der Waals surface area contributed by atoms with E-state index in [2.05, 4.69) is 5.32 Å². The SMILES string of the molecule is COC1C(O)[C@@H](C(O[C@H]2OC(C(=O)NC3CCCCN(O)C3=O)=CC(O)C2O)C(N)=O)O[C@H]1n1ccc(=O)[nH]c1=O. The predicted octanol–water partition coefficient (Wildman–Crippen LogP) is -4.47. The Balaban J connectivity index is 1.52. The Bertz CT molecular complexity index is 1300. The lowest BCUT2D eigenvalue weighted by atomic mass is 10.0. The maximum absolute atomic E-state index is 12.9. The fourth-order valence-corrected chi connectivity index (χ4v) is 4.76. The number of nitrogens with zero attached hydrogens (tertiary/aromatic N) is 2. The molecule has 0 bridgehead atoms. The van der Waals surface area contributed by atoms with Crippen molar-refractivity contribution in [1.29, 1.82) is 0 Å². The van der Waals surface area contributed by atoms with Crippen LogP contribution in [0.25, 0.3) is 0 Å². The van der Waals surface area contributed by atoms with Gasteiger partial charge in [-0.25, -0.2) is 9.86 Å². The van der Waals surface area contributed by atoms with Crippen molar-refractivity contribution >= 4 is 17.7 Å². The highest BCUT2D eigenvalue weighted by atomic mass is 16.7. The third-order valence-electron chi connectivity index (χ3n) is 6.90. The molecule has 9 atom stereocenters. The number of hydroxylamine groups is 2. The number of aliphatic hydroxyl groups excluding tert-OH is 3. The van der Waals surface area contributed by atoms with Crippen molar-refractivity contribution in [1.82, 2.24) is 19.9 Å². The molecule has 1 aromatic heterocycles. The summed E-state index contributed by atoms with van der Waals surface area (Å²) in [6.07, 6.45) is -10.1. The van der Waals surface area contributed by atoms with Crippen LogP contribution in [0.3, 0.4) is 0 Å². The van der Waals surface area contributed by atoms with E-state index in [4.69, 9.17) is 24.7 Å². The number of H-pyrrole nitrogens is 1. The molecule has 18 heteroatoms. The Morgan fingerprint density at radius 2 is 1.93 bits per heavy atom. The zero-order chi connectivity index (χ0) is 30.0. The van der Waals surface area contributed by atoms with E-state index in [9.17, 15) is 44.5 Å². The van der Waals surface area contributed by atoms with Crippen molar-refractivity contribution in [3.63, 3.8) is 0 Å². The second kappa shape index (κ2) is 12.5. The molecule has 2 fully saturated rings. The normalized spacial score (nSPS) is 33.0. The fourth-order valence-electron chi connectivity index (χ4n) is 4.76. The van der Waals surface area contributed by atoms with Gasteiger partial charge in [0.2, 0.25) is 12.2 Å². The quantitative estimate of drug-likeness (QED) is 0.142. The number of amides is 3. The maximum Gasteiger partial charge on any atom is 0.330 e. The summed E-state index contributed by atoms with van der Waals surface area (Å²) in [5.74, 6) is -3.51. The number of aromatic amines is 1. The van der Waals surface area contributed by atoms with Gasteiger partial charge in [-0.2, -0.15) is 0 Å². The molecule has 2 saturated heterocycles. The van der Waals surface area contributed by atoms with Crippen LogP contribution in [0.2, 0.25) is 0 Å². The molecule has 41 heavy (non-hydrogen) atoms. The summed E-state index contributed by atoms with van der Waals surface area (Å²) in [5, 5.41) is 44.3. The van der Waals surface area contributed by atoms with Crippen LogP contribution in [-0.4, -0.2) is 115 Å². The molecule has 3 aliphatic heterocycles. The average Bonchev–Trinajstić information content (AvgIpc) is 3.16. The highest BCUT2D eigenvalue weighted by molar-refractivity contribution is 5.95. The molecule has 8 N–H and O–H groups in total. The number of nitrogens with one attached hydrogen (secondary N) is 2. The van der Waals surface area contributed by atoms with Crippen LogP contribution in [0.1, 0.15) is 25.5 Å². The van der Waals surface area contributed by atoms with Crippen LogP contribution in [-0.2, 0) is 33.3 Å². The summed E-state index contributed by atoms with van der Waals surface area (Å²) in [6.45, 7) is 0.0937. The molecule has 0 spiro atoms. The topological polar surface area (TPSA) is 265 Å². The number of primary amides is 1. The number of rotatable bonds is 8. The maximum atomic E-state index is 12.9. The summed E-state index contributed by atoms with van der Waals surface area (Å²) in [4.78, 5) is 63.4. The molecule has 0 aromatic carbocycles. The van der Waals surface area contributed by atoms with Crippen molar-refractivity contribution < 1.29 is 53.9 Å². The van der Waals surface area contributed by atoms with Crippen molar-refractivity contribution in [2.75, 3.05) is 13.7 Å². The molecule has 0 radical (unpaired) electrons. The number of carbonyl (C=O) groups excluding carboxylic acids is 3. The van der Waals surface area contributed by atoms with Gasteiger partial charge in [-0.15, -0.1) is 0 Å². The summed E-state index contributed by atoms with van der Waals surface area (Å²) in [7, 11) is 1.19. The van der Waals surface area contributed by atoms with E-state index in [1.165, 1.54) is 7.11 Å². The number of aliphatic hydroxyl groups is 3. The first-order valence-electron chi connectivity index (χ1n) is 12.6. The van der Waals surface area contributed by atoms with E-state index in [0.29, 0.717) is 17.9 Å². The van der Waals surface area contributed by atoms with Crippen LogP contribution in [0.4, 0.5) is 0 Å². The van der Waals surface area contributed by atoms with Gasteiger partial charge in [-0.3, -0.25) is 33.9 Å². The first-order valence-corrected chi connectivity index (χ1v) is 12.6. The zero-order valence-electron chi connectivity index (χ0n) is 21.7. The molecular weight excluding hydrogens is 554 g/mol. The molecule has 4 heterocycles. The van der Waals surface area contributed by atoms with Gasteiger partial charge >= 0.3 is 5.69 Å². The molecule has 3 amide bonds. The number of aromatic nitrogens is 2. The highest BCUT2D eigenvalue weighted by Crippen LogP contribution is 2.34. The first-order chi connectivity index (χ1) is 19.4. The Morgan fingerprint density at radius 3 is 2.59 bits per heavy atom. The lowest BCUT2D eigenvalue weighted by molar-refractivity contribution is -0.240. The van der Waals surface area contributed by atoms with Crippen molar-refractivity contribution in [2.45, 2.75) is 74.4 Å². The standard InChI is InChI=1S/C23H31N5O13/c1-38-16-14(32)15(40-21(16)27-7-5-12(30)26-23(27)36)17(18(24)33)41-22-13(31)10(29)8-11(39-22)19(34)25-9-4-2-3-6-28(37)20(9)35/h5,7-10,13-17,21-22,29,31-32,37H,2-4,6H2,1H3,(H2,24,33)(H,25,34)(H,26,30,36)/t9?,10?,13?,14?,15-,16?,17?,21+,22+/m0/s1. The van der Waals surface area contributed by atoms with Gasteiger partial charge in [0.05, 0.1) is 0 Å². The van der Waals surface area contributed by atoms with Crippen LogP contribution < -0.4 is 22.3 Å². The summed E-state index contributed by atoms with van der Waals surface area (Å²) < 4.78 is 22.8. The molecule has 226 valence electrons. The number of hydrogen-bond donors (Lipinski definition) is 7.